The Kier molecular flexibility index (Phi) is 3.35. The van der Waals surface area contributed by atoms with Gasteiger partial charge >= 0.3 is 0 Å². The number of hydrogen-bond acceptors (Lipinski definition) is 4. The molecule has 2 aromatic rings. The van der Waals surface area contributed by atoms with Crippen LogP contribution in [-0.2, 0) is 14.8 Å². The van der Waals surface area contributed by atoms with Gasteiger partial charge in [0.2, 0.25) is 5.91 Å². The molecule has 0 unspecified atom stereocenters. The first-order valence-corrected chi connectivity index (χ1v) is 8.17. The lowest BCUT2D eigenvalue weighted by atomic mass is 10.1. The average Bonchev–Trinajstić information content (AvgIpc) is 2.77. The third-order valence-electron chi connectivity index (χ3n) is 3.13. The Hall–Kier alpha value is -1.70. The van der Waals surface area contributed by atoms with Crippen LogP contribution in [0.3, 0.4) is 0 Å². The minimum atomic E-state index is -3.97. The summed E-state index contributed by atoms with van der Waals surface area (Å²) in [6, 6.07) is 10.3. The number of benzene rings is 2. The standard InChI is InChI=1S/C13H9ClN2O3S2/c14-10-5-8-3-1-2-4-9(8)6-11(10)21(18,19)16-7-12(17)15-13(16)20/h1-6H,7H2,(H,15,17,20). The summed E-state index contributed by atoms with van der Waals surface area (Å²) in [6.45, 7) is -0.329. The molecule has 5 nitrogen and oxygen atoms in total. The smallest absolute Gasteiger partial charge is 0.268 e. The third kappa shape index (κ3) is 2.37. The molecule has 1 aliphatic heterocycles. The number of carbonyl (C=O) groups excluding carboxylic acids is 1. The van der Waals surface area contributed by atoms with Crippen LogP contribution >= 0.6 is 23.8 Å². The van der Waals surface area contributed by atoms with Crippen molar-refractivity contribution in [1.82, 2.24) is 9.62 Å². The maximum Gasteiger partial charge on any atom is 0.268 e. The molecule has 21 heavy (non-hydrogen) atoms. The molecule has 0 bridgehead atoms. The van der Waals surface area contributed by atoms with E-state index in [-0.39, 0.29) is 21.6 Å². The minimum absolute atomic E-state index is 0.0679. The number of amides is 1. The maximum absolute atomic E-state index is 12.6. The number of sulfonamides is 1. The van der Waals surface area contributed by atoms with Crippen LogP contribution in [0.1, 0.15) is 0 Å². The first-order valence-electron chi connectivity index (χ1n) is 5.94. The summed E-state index contributed by atoms with van der Waals surface area (Å²) in [5.41, 5.74) is 0. The van der Waals surface area contributed by atoms with Crippen molar-refractivity contribution in [2.24, 2.45) is 0 Å². The summed E-state index contributed by atoms with van der Waals surface area (Å²) in [4.78, 5) is 11.2. The molecule has 2 aromatic carbocycles. The number of nitrogens with one attached hydrogen (secondary N) is 1. The van der Waals surface area contributed by atoms with E-state index >= 15 is 0 Å². The van der Waals surface area contributed by atoms with Gasteiger partial charge in [0.15, 0.2) is 5.11 Å². The summed E-state index contributed by atoms with van der Waals surface area (Å²) < 4.78 is 26.1. The quantitative estimate of drug-likeness (QED) is 0.848. The molecule has 3 rings (SSSR count). The van der Waals surface area contributed by atoms with E-state index in [0.717, 1.165) is 15.1 Å². The summed E-state index contributed by atoms with van der Waals surface area (Å²) in [6.07, 6.45) is 0. The minimum Gasteiger partial charge on any atom is -0.301 e. The number of fused-ring (bicyclic) bond motifs is 1. The van der Waals surface area contributed by atoms with E-state index in [2.05, 4.69) is 5.32 Å². The Bertz CT molecular complexity index is 880. The largest absolute Gasteiger partial charge is 0.301 e. The van der Waals surface area contributed by atoms with Gasteiger partial charge in [0.05, 0.1) is 5.02 Å². The highest BCUT2D eigenvalue weighted by Gasteiger charge is 2.35. The molecule has 1 heterocycles. The van der Waals surface area contributed by atoms with E-state index in [1.54, 1.807) is 18.2 Å². The van der Waals surface area contributed by atoms with Crippen LogP contribution in [0.5, 0.6) is 0 Å². The zero-order chi connectivity index (χ0) is 15.2. The van der Waals surface area contributed by atoms with E-state index in [9.17, 15) is 13.2 Å². The second-order valence-electron chi connectivity index (χ2n) is 4.49. The molecule has 1 saturated heterocycles. The summed E-state index contributed by atoms with van der Waals surface area (Å²) in [7, 11) is -3.97. The number of nitrogens with zero attached hydrogens (tertiary/aromatic N) is 1. The molecule has 1 fully saturated rings. The zero-order valence-electron chi connectivity index (χ0n) is 10.5. The fraction of sp³-hybridized carbons (Fsp3) is 0.0769. The van der Waals surface area contributed by atoms with Crippen molar-refractivity contribution in [1.29, 1.82) is 0 Å². The Balaban J connectivity index is 2.17. The number of carbonyl (C=O) groups is 1. The zero-order valence-corrected chi connectivity index (χ0v) is 12.9. The van der Waals surface area contributed by atoms with Crippen LogP contribution in [0.15, 0.2) is 41.3 Å². The summed E-state index contributed by atoms with van der Waals surface area (Å²) in [5, 5.41) is 3.83. The molecule has 1 amide bonds. The average molecular weight is 341 g/mol. The van der Waals surface area contributed by atoms with E-state index in [0.29, 0.717) is 0 Å². The van der Waals surface area contributed by atoms with E-state index in [1.165, 1.54) is 6.07 Å². The summed E-state index contributed by atoms with van der Waals surface area (Å²) >= 11 is 11.0. The van der Waals surface area contributed by atoms with Gasteiger partial charge in [0.1, 0.15) is 11.4 Å². The van der Waals surface area contributed by atoms with Crippen molar-refractivity contribution >= 4 is 55.6 Å². The molecular formula is C13H9ClN2O3S2. The number of hydrogen-bond donors (Lipinski definition) is 1. The Labute approximate surface area is 131 Å². The highest BCUT2D eigenvalue weighted by atomic mass is 35.5. The van der Waals surface area contributed by atoms with Crippen molar-refractivity contribution in [3.8, 4) is 0 Å². The van der Waals surface area contributed by atoms with Crippen LogP contribution in [0, 0.1) is 0 Å². The number of rotatable bonds is 2. The van der Waals surface area contributed by atoms with Gasteiger partial charge in [-0.3, -0.25) is 4.79 Å². The van der Waals surface area contributed by atoms with Gasteiger partial charge in [-0.05, 0) is 35.1 Å². The van der Waals surface area contributed by atoms with Crippen LogP contribution in [0.4, 0.5) is 0 Å². The monoisotopic (exact) mass is 340 g/mol. The van der Waals surface area contributed by atoms with Gasteiger partial charge in [-0.25, -0.2) is 12.7 Å². The lowest BCUT2D eigenvalue weighted by molar-refractivity contribution is -0.118. The molecular weight excluding hydrogens is 332 g/mol. The van der Waals surface area contributed by atoms with Crippen molar-refractivity contribution in [3.05, 3.63) is 41.4 Å². The fourth-order valence-electron chi connectivity index (χ4n) is 2.13. The van der Waals surface area contributed by atoms with Crippen LogP contribution in [0.2, 0.25) is 5.02 Å². The molecule has 108 valence electrons. The van der Waals surface area contributed by atoms with Gasteiger partial charge < -0.3 is 5.32 Å². The first-order chi connectivity index (χ1) is 9.89. The van der Waals surface area contributed by atoms with Crippen LogP contribution < -0.4 is 5.32 Å². The molecule has 0 aromatic heterocycles. The van der Waals surface area contributed by atoms with Crippen molar-refractivity contribution in [3.63, 3.8) is 0 Å². The molecule has 0 aliphatic carbocycles. The topological polar surface area (TPSA) is 66.5 Å². The predicted octanol–water partition coefficient (Wildman–Crippen LogP) is 1.90. The lowest BCUT2D eigenvalue weighted by Gasteiger charge is -2.17. The third-order valence-corrected chi connectivity index (χ3v) is 5.78. The normalized spacial score (nSPS) is 15.6. The molecule has 0 saturated carbocycles. The first kappa shape index (κ1) is 14.2. The molecule has 0 spiro atoms. The second kappa shape index (κ2) is 4.94. The van der Waals surface area contributed by atoms with E-state index in [4.69, 9.17) is 23.8 Å². The van der Waals surface area contributed by atoms with Crippen molar-refractivity contribution in [2.45, 2.75) is 4.90 Å². The highest BCUT2D eigenvalue weighted by molar-refractivity contribution is 7.91. The molecule has 0 atom stereocenters. The predicted molar refractivity (Wildman–Crippen MR) is 83.6 cm³/mol. The molecule has 1 N–H and O–H groups in total. The van der Waals surface area contributed by atoms with E-state index in [1.807, 2.05) is 12.1 Å². The van der Waals surface area contributed by atoms with Crippen molar-refractivity contribution in [2.75, 3.05) is 6.54 Å². The Morgan fingerprint density at radius 3 is 2.38 bits per heavy atom. The lowest BCUT2D eigenvalue weighted by Crippen LogP contribution is -2.34. The van der Waals surface area contributed by atoms with Gasteiger partial charge in [-0.2, -0.15) is 0 Å². The second-order valence-corrected chi connectivity index (χ2v) is 7.12. The van der Waals surface area contributed by atoms with Crippen molar-refractivity contribution < 1.29 is 13.2 Å². The fourth-order valence-corrected chi connectivity index (χ4v) is 4.43. The summed E-state index contributed by atoms with van der Waals surface area (Å²) in [5.74, 6) is -0.458. The molecule has 0 radical (unpaired) electrons. The van der Waals surface area contributed by atoms with Gasteiger partial charge in [0.25, 0.3) is 10.0 Å². The Morgan fingerprint density at radius 1 is 1.19 bits per heavy atom. The van der Waals surface area contributed by atoms with Gasteiger partial charge in [-0.15, -0.1) is 0 Å². The highest BCUT2D eigenvalue weighted by Crippen LogP contribution is 2.30. The maximum atomic E-state index is 12.6. The van der Waals surface area contributed by atoms with Crippen LogP contribution in [0.25, 0.3) is 10.8 Å². The number of thiocarbonyl (C=S) groups is 1. The van der Waals surface area contributed by atoms with Crippen LogP contribution in [-0.4, -0.2) is 30.3 Å². The Morgan fingerprint density at radius 2 is 1.81 bits per heavy atom. The molecule has 8 heteroatoms. The number of halogens is 1. The van der Waals surface area contributed by atoms with Gasteiger partial charge in [-0.1, -0.05) is 35.9 Å². The van der Waals surface area contributed by atoms with E-state index < -0.39 is 15.9 Å². The van der Waals surface area contributed by atoms with Gasteiger partial charge in [0, 0.05) is 0 Å². The molecule has 1 aliphatic rings. The SMILES string of the molecule is O=C1CN(S(=O)(=O)c2cc3ccccc3cc2Cl)C(=S)N1.